The van der Waals surface area contributed by atoms with Gasteiger partial charge in [0.05, 0.1) is 0 Å². The molecular formula is C17H27N3O. The van der Waals surface area contributed by atoms with Gasteiger partial charge in [0.25, 0.3) is 5.91 Å². The molecule has 4 heteroatoms. The van der Waals surface area contributed by atoms with Crippen molar-refractivity contribution in [3.63, 3.8) is 0 Å². The summed E-state index contributed by atoms with van der Waals surface area (Å²) in [6.07, 6.45) is 1.10. The second-order valence-corrected chi connectivity index (χ2v) is 6.22. The fraction of sp³-hybridized carbons (Fsp3) is 0.588. The maximum absolute atomic E-state index is 12.6. The summed E-state index contributed by atoms with van der Waals surface area (Å²) in [7, 11) is 4.17. The van der Waals surface area contributed by atoms with Gasteiger partial charge in [0.1, 0.15) is 0 Å². The number of carbonyl (C=O) groups is 1. The summed E-state index contributed by atoms with van der Waals surface area (Å²) < 4.78 is 0. The first kappa shape index (κ1) is 15.8. The first-order chi connectivity index (χ1) is 10.0. The Balaban J connectivity index is 2.00. The van der Waals surface area contributed by atoms with Gasteiger partial charge in [-0.2, -0.15) is 0 Å². The zero-order valence-corrected chi connectivity index (χ0v) is 13.6. The van der Waals surface area contributed by atoms with Crippen LogP contribution < -0.4 is 5.32 Å². The maximum atomic E-state index is 12.6. The van der Waals surface area contributed by atoms with Gasteiger partial charge in [-0.3, -0.25) is 4.79 Å². The zero-order chi connectivity index (χ0) is 15.4. The highest BCUT2D eigenvalue weighted by molar-refractivity contribution is 5.94. The molecule has 116 valence electrons. The summed E-state index contributed by atoms with van der Waals surface area (Å²) in [5.74, 6) is 0.669. The van der Waals surface area contributed by atoms with Crippen LogP contribution in [0.25, 0.3) is 0 Å². The molecule has 1 aliphatic heterocycles. The third-order valence-corrected chi connectivity index (χ3v) is 4.23. The highest BCUT2D eigenvalue weighted by Crippen LogP contribution is 2.22. The number of likely N-dealkylation sites (tertiary alicyclic amines) is 1. The minimum absolute atomic E-state index is 0.147. The predicted molar refractivity (Wildman–Crippen MR) is 87.8 cm³/mol. The standard InChI is InChI=1S/C17H27N3O/c1-5-10-18-15-8-6-14(7-9-15)17(21)20-11-13(2)16(12-20)19(3)4/h6-9,13,16,18H,5,10-12H2,1-4H3. The van der Waals surface area contributed by atoms with Crippen molar-refractivity contribution < 1.29 is 4.79 Å². The molecule has 0 saturated carbocycles. The van der Waals surface area contributed by atoms with E-state index in [2.05, 4.69) is 38.2 Å². The molecule has 1 heterocycles. The third-order valence-electron chi connectivity index (χ3n) is 4.23. The summed E-state index contributed by atoms with van der Waals surface area (Å²) in [4.78, 5) is 16.8. The van der Waals surface area contributed by atoms with Gasteiger partial charge in [-0.25, -0.2) is 0 Å². The number of likely N-dealkylation sites (N-methyl/N-ethyl adjacent to an activating group) is 1. The molecule has 0 spiro atoms. The molecule has 0 bridgehead atoms. The van der Waals surface area contributed by atoms with Crippen LogP contribution in [-0.2, 0) is 0 Å². The van der Waals surface area contributed by atoms with E-state index in [1.807, 2.05) is 29.2 Å². The van der Waals surface area contributed by atoms with Crippen LogP contribution in [0.3, 0.4) is 0 Å². The number of hydrogen-bond donors (Lipinski definition) is 1. The lowest BCUT2D eigenvalue weighted by Gasteiger charge is -2.22. The Bertz CT molecular complexity index is 469. The molecule has 1 aromatic carbocycles. The zero-order valence-electron chi connectivity index (χ0n) is 13.6. The lowest BCUT2D eigenvalue weighted by atomic mass is 10.1. The van der Waals surface area contributed by atoms with Crippen molar-refractivity contribution in [1.82, 2.24) is 9.80 Å². The molecular weight excluding hydrogens is 262 g/mol. The summed E-state index contributed by atoms with van der Waals surface area (Å²) >= 11 is 0. The molecule has 1 N–H and O–H groups in total. The number of hydrogen-bond acceptors (Lipinski definition) is 3. The molecule has 1 aromatic rings. The molecule has 2 atom stereocenters. The monoisotopic (exact) mass is 289 g/mol. The van der Waals surface area contributed by atoms with Crippen LogP contribution >= 0.6 is 0 Å². The van der Waals surface area contributed by atoms with E-state index in [1.54, 1.807) is 0 Å². The minimum Gasteiger partial charge on any atom is -0.385 e. The van der Waals surface area contributed by atoms with Gasteiger partial charge in [0, 0.05) is 36.9 Å². The number of amides is 1. The van der Waals surface area contributed by atoms with Crippen LogP contribution in [0, 0.1) is 5.92 Å². The Morgan fingerprint density at radius 1 is 1.29 bits per heavy atom. The lowest BCUT2D eigenvalue weighted by molar-refractivity contribution is 0.0781. The average Bonchev–Trinajstić information content (AvgIpc) is 2.87. The van der Waals surface area contributed by atoms with Crippen molar-refractivity contribution in [1.29, 1.82) is 0 Å². The molecule has 0 radical (unpaired) electrons. The lowest BCUT2D eigenvalue weighted by Crippen LogP contribution is -2.35. The van der Waals surface area contributed by atoms with Gasteiger partial charge in [-0.1, -0.05) is 13.8 Å². The van der Waals surface area contributed by atoms with Crippen LogP contribution in [0.5, 0.6) is 0 Å². The molecule has 2 rings (SSSR count). The van der Waals surface area contributed by atoms with Gasteiger partial charge in [0.2, 0.25) is 0 Å². The number of benzene rings is 1. The second kappa shape index (κ2) is 6.94. The number of nitrogens with zero attached hydrogens (tertiary/aromatic N) is 2. The second-order valence-electron chi connectivity index (χ2n) is 6.22. The fourth-order valence-corrected chi connectivity index (χ4v) is 2.97. The van der Waals surface area contributed by atoms with Crippen molar-refractivity contribution in [2.45, 2.75) is 26.3 Å². The summed E-state index contributed by atoms with van der Waals surface area (Å²) in [6, 6.07) is 8.29. The minimum atomic E-state index is 0.147. The van der Waals surface area contributed by atoms with Crippen molar-refractivity contribution >= 4 is 11.6 Å². The first-order valence-electron chi connectivity index (χ1n) is 7.82. The van der Waals surface area contributed by atoms with E-state index in [1.165, 1.54) is 0 Å². The van der Waals surface area contributed by atoms with E-state index >= 15 is 0 Å². The van der Waals surface area contributed by atoms with E-state index in [-0.39, 0.29) is 5.91 Å². The van der Waals surface area contributed by atoms with Crippen LogP contribution in [0.1, 0.15) is 30.6 Å². The smallest absolute Gasteiger partial charge is 0.253 e. The molecule has 1 amide bonds. The van der Waals surface area contributed by atoms with Crippen molar-refractivity contribution in [2.24, 2.45) is 5.92 Å². The maximum Gasteiger partial charge on any atom is 0.253 e. The number of anilines is 1. The SMILES string of the molecule is CCCNc1ccc(C(=O)N2CC(C)C(N(C)C)C2)cc1. The Kier molecular flexibility index (Phi) is 5.23. The van der Waals surface area contributed by atoms with Gasteiger partial charge in [-0.05, 0) is 50.7 Å². The Labute approximate surface area is 128 Å². The average molecular weight is 289 g/mol. The summed E-state index contributed by atoms with van der Waals surface area (Å²) in [5, 5.41) is 3.33. The fourth-order valence-electron chi connectivity index (χ4n) is 2.97. The van der Waals surface area contributed by atoms with Gasteiger partial charge in [0.15, 0.2) is 0 Å². The van der Waals surface area contributed by atoms with Crippen molar-refractivity contribution in [3.05, 3.63) is 29.8 Å². The highest BCUT2D eigenvalue weighted by Gasteiger charge is 2.33. The molecule has 1 aliphatic rings. The normalized spacial score (nSPS) is 21.9. The third kappa shape index (κ3) is 3.76. The van der Waals surface area contributed by atoms with Crippen LogP contribution in [0.2, 0.25) is 0 Å². The molecule has 0 aromatic heterocycles. The van der Waals surface area contributed by atoms with Crippen molar-refractivity contribution in [2.75, 3.05) is 39.0 Å². The quantitative estimate of drug-likeness (QED) is 0.905. The van der Waals surface area contributed by atoms with Gasteiger partial charge >= 0.3 is 0 Å². The first-order valence-corrected chi connectivity index (χ1v) is 7.82. The van der Waals surface area contributed by atoms with E-state index < -0.39 is 0 Å². The topological polar surface area (TPSA) is 35.6 Å². The van der Waals surface area contributed by atoms with Crippen LogP contribution in [-0.4, -0.2) is 55.5 Å². The Morgan fingerprint density at radius 2 is 1.95 bits per heavy atom. The van der Waals surface area contributed by atoms with Crippen molar-refractivity contribution in [3.8, 4) is 0 Å². The molecule has 4 nitrogen and oxygen atoms in total. The number of carbonyl (C=O) groups excluding carboxylic acids is 1. The van der Waals surface area contributed by atoms with E-state index in [9.17, 15) is 4.79 Å². The van der Waals surface area contributed by atoms with E-state index in [0.717, 1.165) is 37.3 Å². The van der Waals surface area contributed by atoms with E-state index in [4.69, 9.17) is 0 Å². The largest absolute Gasteiger partial charge is 0.385 e. The van der Waals surface area contributed by atoms with E-state index in [0.29, 0.717) is 12.0 Å². The highest BCUT2D eigenvalue weighted by atomic mass is 16.2. The molecule has 1 saturated heterocycles. The predicted octanol–water partition coefficient (Wildman–Crippen LogP) is 2.53. The van der Waals surface area contributed by atoms with Gasteiger partial charge in [-0.15, -0.1) is 0 Å². The Morgan fingerprint density at radius 3 is 2.48 bits per heavy atom. The molecule has 21 heavy (non-hydrogen) atoms. The van der Waals surface area contributed by atoms with Crippen LogP contribution in [0.15, 0.2) is 24.3 Å². The molecule has 2 unspecified atom stereocenters. The number of nitrogens with one attached hydrogen (secondary N) is 1. The summed E-state index contributed by atoms with van der Waals surface area (Å²) in [5.41, 5.74) is 1.86. The Hall–Kier alpha value is -1.55. The van der Waals surface area contributed by atoms with Crippen LogP contribution in [0.4, 0.5) is 5.69 Å². The molecule has 0 aliphatic carbocycles. The summed E-state index contributed by atoms with van der Waals surface area (Å²) in [6.45, 7) is 6.98. The number of rotatable bonds is 5. The van der Waals surface area contributed by atoms with Gasteiger partial charge < -0.3 is 15.1 Å². The molecule has 1 fully saturated rings.